The molecule has 5 rings (SSSR count). The number of benzene rings is 2. The number of aromatic nitrogens is 1. The predicted octanol–water partition coefficient (Wildman–Crippen LogP) is 6.79. The van der Waals surface area contributed by atoms with Crippen LogP contribution in [-0.4, -0.2) is 36.9 Å². The summed E-state index contributed by atoms with van der Waals surface area (Å²) in [6, 6.07) is 11.6. The SMILES string of the molecule is CC(C)OC(=O)NC1CCC(c2ncc(-c3ccc(Nc4ccccc4F)cc3S(=O)(=O)C3CC3)s2)CC1. The molecule has 0 saturated heterocycles. The Hall–Kier alpha value is -2.98. The van der Waals surface area contributed by atoms with Crippen molar-refractivity contribution in [2.75, 3.05) is 5.32 Å². The van der Waals surface area contributed by atoms with Gasteiger partial charge in [-0.25, -0.2) is 22.6 Å². The van der Waals surface area contributed by atoms with E-state index in [1.807, 2.05) is 13.8 Å². The predicted molar refractivity (Wildman–Crippen MR) is 147 cm³/mol. The van der Waals surface area contributed by atoms with Crippen LogP contribution >= 0.6 is 11.3 Å². The van der Waals surface area contributed by atoms with Crippen LogP contribution in [0.25, 0.3) is 10.4 Å². The molecule has 1 aromatic heterocycles. The zero-order chi connectivity index (χ0) is 26.9. The molecular formula is C28H32FN3O4S2. The zero-order valence-electron chi connectivity index (χ0n) is 21.4. The molecule has 0 radical (unpaired) electrons. The third kappa shape index (κ3) is 6.02. The number of alkyl carbamates (subject to hydrolysis) is 1. The Balaban J connectivity index is 1.34. The fourth-order valence-corrected chi connectivity index (χ4v) is 7.90. The van der Waals surface area contributed by atoms with Gasteiger partial charge in [0.2, 0.25) is 0 Å². The van der Waals surface area contributed by atoms with Gasteiger partial charge in [-0.1, -0.05) is 18.2 Å². The van der Waals surface area contributed by atoms with E-state index in [9.17, 15) is 17.6 Å². The Morgan fingerprint density at radius 3 is 2.50 bits per heavy atom. The van der Waals surface area contributed by atoms with Crippen molar-refractivity contribution in [2.45, 2.75) is 80.6 Å². The second kappa shape index (κ2) is 11.0. The standard InChI is InChI=1S/C28H32FN3O4S2/c1-17(2)36-28(33)32-19-9-7-18(8-10-19)27-30-16-25(37-27)22-14-11-20(31-24-6-4-3-5-23(24)29)15-26(22)38(34,35)21-12-13-21/h3-6,11,14-19,21,31H,7-10,12-13H2,1-2H3,(H,32,33). The van der Waals surface area contributed by atoms with Crippen LogP contribution in [-0.2, 0) is 14.6 Å². The lowest BCUT2D eigenvalue weighted by molar-refractivity contribution is 0.109. The van der Waals surface area contributed by atoms with Gasteiger partial charge < -0.3 is 15.4 Å². The van der Waals surface area contributed by atoms with E-state index in [-0.39, 0.29) is 40.0 Å². The molecule has 2 aliphatic carbocycles. The summed E-state index contributed by atoms with van der Waals surface area (Å²) in [4.78, 5) is 17.7. The van der Waals surface area contributed by atoms with Crippen molar-refractivity contribution in [1.29, 1.82) is 0 Å². The Morgan fingerprint density at radius 2 is 1.82 bits per heavy atom. The molecule has 0 unspecified atom stereocenters. The minimum Gasteiger partial charge on any atom is -0.447 e. The second-order valence-electron chi connectivity index (χ2n) is 10.3. The molecule has 0 spiro atoms. The monoisotopic (exact) mass is 557 g/mol. The average molecular weight is 558 g/mol. The number of nitrogens with one attached hydrogen (secondary N) is 2. The second-order valence-corrected chi connectivity index (χ2v) is 13.5. The normalized spacial score (nSPS) is 19.8. The van der Waals surface area contributed by atoms with Gasteiger partial charge in [0.15, 0.2) is 9.84 Å². The fraction of sp³-hybridized carbons (Fsp3) is 0.429. The third-order valence-electron chi connectivity index (χ3n) is 6.93. The summed E-state index contributed by atoms with van der Waals surface area (Å²) in [5, 5.41) is 6.57. The third-order valence-corrected chi connectivity index (χ3v) is 10.4. The lowest BCUT2D eigenvalue weighted by Crippen LogP contribution is -2.38. The van der Waals surface area contributed by atoms with Gasteiger partial charge in [-0.2, -0.15) is 0 Å². The molecular weight excluding hydrogens is 525 g/mol. The van der Waals surface area contributed by atoms with Crippen molar-refractivity contribution in [3.05, 3.63) is 59.5 Å². The number of anilines is 2. The van der Waals surface area contributed by atoms with Crippen LogP contribution in [0.1, 0.15) is 63.3 Å². The quantitative estimate of drug-likeness (QED) is 0.317. The topological polar surface area (TPSA) is 97.4 Å². The first-order valence-corrected chi connectivity index (χ1v) is 15.4. The van der Waals surface area contributed by atoms with Crippen LogP contribution in [0.4, 0.5) is 20.6 Å². The maximum absolute atomic E-state index is 14.2. The van der Waals surface area contributed by atoms with Gasteiger partial charge in [0.05, 0.1) is 31.8 Å². The van der Waals surface area contributed by atoms with Crippen molar-refractivity contribution in [3.63, 3.8) is 0 Å². The molecule has 1 heterocycles. The highest BCUT2D eigenvalue weighted by Crippen LogP contribution is 2.43. The summed E-state index contributed by atoms with van der Waals surface area (Å²) in [6.07, 6.45) is 5.99. The maximum atomic E-state index is 14.2. The van der Waals surface area contributed by atoms with Crippen molar-refractivity contribution in [1.82, 2.24) is 10.3 Å². The van der Waals surface area contributed by atoms with Crippen molar-refractivity contribution >= 4 is 38.6 Å². The number of carbonyl (C=O) groups is 1. The number of thiazole rings is 1. The molecule has 2 aliphatic rings. The van der Waals surface area contributed by atoms with Crippen LogP contribution in [0, 0.1) is 5.82 Å². The fourth-order valence-electron chi connectivity index (χ4n) is 4.82. The summed E-state index contributed by atoms with van der Waals surface area (Å²) in [5.41, 5.74) is 1.44. The number of hydrogen-bond acceptors (Lipinski definition) is 7. The van der Waals surface area contributed by atoms with Crippen LogP contribution in [0.15, 0.2) is 53.6 Å². The molecule has 38 heavy (non-hydrogen) atoms. The number of halogens is 1. The van der Waals surface area contributed by atoms with Crippen molar-refractivity contribution in [2.24, 2.45) is 0 Å². The van der Waals surface area contributed by atoms with Crippen LogP contribution < -0.4 is 10.6 Å². The first-order chi connectivity index (χ1) is 18.2. The van der Waals surface area contributed by atoms with Gasteiger partial charge in [-0.3, -0.25) is 0 Å². The van der Waals surface area contributed by atoms with Gasteiger partial charge in [0.25, 0.3) is 0 Å². The summed E-state index contributed by atoms with van der Waals surface area (Å²) in [6.45, 7) is 3.65. The largest absolute Gasteiger partial charge is 0.447 e. The van der Waals surface area contributed by atoms with Crippen LogP contribution in [0.3, 0.4) is 0 Å². The van der Waals surface area contributed by atoms with Gasteiger partial charge >= 0.3 is 6.09 Å². The number of sulfone groups is 1. The Bertz CT molecular complexity index is 1410. The minimum atomic E-state index is -3.52. The Morgan fingerprint density at radius 1 is 1.08 bits per heavy atom. The number of rotatable bonds is 8. The van der Waals surface area contributed by atoms with Gasteiger partial charge in [0.1, 0.15) is 5.82 Å². The molecule has 3 aromatic rings. The highest BCUT2D eigenvalue weighted by atomic mass is 32.2. The van der Waals surface area contributed by atoms with E-state index in [0.717, 1.165) is 35.6 Å². The van der Waals surface area contributed by atoms with E-state index in [2.05, 4.69) is 15.6 Å². The number of carbonyl (C=O) groups excluding carboxylic acids is 1. The Kier molecular flexibility index (Phi) is 7.72. The van der Waals surface area contributed by atoms with E-state index in [1.54, 1.807) is 42.6 Å². The highest BCUT2D eigenvalue weighted by Gasteiger charge is 2.39. The highest BCUT2D eigenvalue weighted by molar-refractivity contribution is 7.92. The number of hydrogen-bond donors (Lipinski definition) is 2. The summed E-state index contributed by atoms with van der Waals surface area (Å²) in [7, 11) is -3.52. The molecule has 2 N–H and O–H groups in total. The first-order valence-electron chi connectivity index (χ1n) is 13.0. The van der Waals surface area contributed by atoms with E-state index >= 15 is 0 Å². The van der Waals surface area contributed by atoms with E-state index in [4.69, 9.17) is 4.74 Å². The van der Waals surface area contributed by atoms with E-state index in [0.29, 0.717) is 24.1 Å². The smallest absolute Gasteiger partial charge is 0.407 e. The Labute approximate surface area is 226 Å². The van der Waals surface area contributed by atoms with Gasteiger partial charge in [-0.05, 0) is 76.6 Å². The molecule has 2 aromatic carbocycles. The molecule has 2 saturated carbocycles. The maximum Gasteiger partial charge on any atom is 0.407 e. The van der Waals surface area contributed by atoms with E-state index in [1.165, 1.54) is 17.4 Å². The van der Waals surface area contributed by atoms with Gasteiger partial charge in [-0.15, -0.1) is 11.3 Å². The molecule has 0 atom stereocenters. The van der Waals surface area contributed by atoms with Crippen LogP contribution in [0.2, 0.25) is 0 Å². The number of nitrogens with zero attached hydrogens (tertiary/aromatic N) is 1. The van der Waals surface area contributed by atoms with Crippen molar-refractivity contribution < 1.29 is 22.3 Å². The molecule has 2 fully saturated rings. The lowest BCUT2D eigenvalue weighted by atomic mass is 9.86. The number of ether oxygens (including phenoxy) is 1. The first kappa shape index (κ1) is 26.6. The molecule has 0 bridgehead atoms. The lowest BCUT2D eigenvalue weighted by Gasteiger charge is -2.28. The summed E-state index contributed by atoms with van der Waals surface area (Å²) < 4.78 is 46.2. The van der Waals surface area contributed by atoms with Crippen molar-refractivity contribution in [3.8, 4) is 10.4 Å². The molecule has 10 heteroatoms. The molecule has 202 valence electrons. The number of para-hydroxylation sites is 1. The average Bonchev–Trinajstić information content (AvgIpc) is 3.64. The molecule has 1 amide bonds. The molecule has 0 aliphatic heterocycles. The summed E-state index contributed by atoms with van der Waals surface area (Å²) in [5.74, 6) is -0.143. The van der Waals surface area contributed by atoms with E-state index < -0.39 is 15.7 Å². The molecule has 7 nitrogen and oxygen atoms in total. The van der Waals surface area contributed by atoms with Crippen LogP contribution in [0.5, 0.6) is 0 Å². The zero-order valence-corrected chi connectivity index (χ0v) is 23.1. The number of amides is 1. The summed E-state index contributed by atoms with van der Waals surface area (Å²) >= 11 is 1.52. The minimum absolute atomic E-state index is 0.0849. The van der Waals surface area contributed by atoms with Gasteiger partial charge in [0, 0.05) is 29.4 Å².